The van der Waals surface area contributed by atoms with Gasteiger partial charge in [-0.2, -0.15) is 42.1 Å². The molecule has 10 aromatic carbocycles. The molecular weight excluding hydrogens is 1970 g/mol. The molecule has 0 spiro atoms. The van der Waals surface area contributed by atoms with Crippen molar-refractivity contribution in [2.45, 2.75) is 34.3 Å². The van der Waals surface area contributed by atoms with E-state index in [4.69, 9.17) is 61.0 Å². The molecule has 51 heteroatoms. The van der Waals surface area contributed by atoms with Gasteiger partial charge >= 0.3 is 20.8 Å². The van der Waals surface area contributed by atoms with Gasteiger partial charge < -0.3 is 56.4 Å². The molecule has 1 radical (unpaired) electrons. The number of anilines is 9. The van der Waals surface area contributed by atoms with Gasteiger partial charge in [-0.25, -0.2) is 37.9 Å². The Morgan fingerprint density at radius 3 is 0.888 bits per heavy atom. The molecule has 40 nitrogen and oxygen atoms in total. The number of carbonyl (C=O) groups is 6. The number of nitrogens with one attached hydrogen (secondary N) is 2. The SMILES string of the molecule is Nc1c(S(=O)(=O)O)cc(Br)c2c1C(=O)c1ccccc1C2=O.Nc1c(S(=O)(=O)O)cc(Nc2cccc(S(=O)(=O)CCO)c2)c2c1C(=O)c1ccccc1C2=O.Nc1c(S(=O)(=O)O)cc(Nc2cccc(S(=O)(=O)CCOS(=O)(=O)O)c2)c2c1C(=O)c1ccccc1C2=O.Nc1cccc(S(=O)(=O)CCO)c1.O=S(=O)(O)O.[CH2-]CS(=O)(=O)c1cccc(N)c1.[Y]. The summed E-state index contributed by atoms with van der Waals surface area (Å²) >= 11 is 3.08. The fourth-order valence-corrected chi connectivity index (χ4v) is 19.1. The number of nitrogen functional groups attached to an aromatic ring is 5. The van der Waals surface area contributed by atoms with Gasteiger partial charge in [0, 0.05) is 93.3 Å². The molecule has 0 fully saturated rings. The monoisotopic (exact) mass is 2040 g/mol. The molecule has 13 rings (SSSR count). The first kappa shape index (κ1) is 102. The molecule has 0 atom stereocenters. The number of carbonyl (C=O) groups excluding carboxylic acids is 6. The smallest absolute Gasteiger partial charge is 0.397 e. The minimum Gasteiger partial charge on any atom is -0.399 e. The van der Waals surface area contributed by atoms with Gasteiger partial charge in [-0.05, 0) is 107 Å². The van der Waals surface area contributed by atoms with Crippen molar-refractivity contribution in [2.24, 2.45) is 0 Å². The summed E-state index contributed by atoms with van der Waals surface area (Å²) in [5.41, 5.74) is 26.4. The van der Waals surface area contributed by atoms with Crippen LogP contribution in [0.4, 0.5) is 51.2 Å². The van der Waals surface area contributed by atoms with E-state index in [2.05, 4.69) is 37.7 Å². The number of aliphatic hydroxyl groups is 2. The normalized spacial score (nSPS) is 12.9. The van der Waals surface area contributed by atoms with Gasteiger partial charge in [-0.15, -0.1) is 0 Å². The predicted octanol–water partition coefficient (Wildman–Crippen LogP) is 5.74. The molecule has 0 aromatic heterocycles. The molecule has 0 amide bonds. The summed E-state index contributed by atoms with van der Waals surface area (Å²) in [4.78, 5) is 75.9. The number of hydrogen-bond acceptors (Lipinski definition) is 34. The Kier molecular flexibility index (Phi) is 32.6. The second-order valence-electron chi connectivity index (χ2n) is 25.6. The van der Waals surface area contributed by atoms with Gasteiger partial charge in [-0.1, -0.05) is 103 Å². The van der Waals surface area contributed by atoms with Crippen LogP contribution in [0.5, 0.6) is 0 Å². The first-order valence-electron chi connectivity index (χ1n) is 34.1. The van der Waals surface area contributed by atoms with E-state index in [9.17, 15) is 110 Å². The Morgan fingerprint density at radius 1 is 0.336 bits per heavy atom. The standard InChI is InChI=1S/C22H18N2O11S3.C22H18N2O8S2.C14H8BrNO5S.C8H11NO3S.C8H10NO2S.H2O4S.Y/c23-20-17(37(29,30)31)11-16(18-19(20)22(26)15-7-2-1-6-14(15)21(18)25)24-12-4-3-5-13(10-12)36(27,28)9-8-35-38(32,33)34;23-20-17(34(30,31)32)11-16(24-12-4-3-5-13(10-12)33(28,29)9-8-25)18-19(20)22(27)15-7-2-1-6-14(15)21(18)26;15-8-5-9(22(19,20)21)12(16)11-10(8)13(17)6-3-1-2-4-7(6)14(11)18;9-7-2-1-3-8(6-7)13(11,12)5-4-10;1-2-12(10,11)8-5-3-4-7(9)6-8;1-5(2,3)4;/h1-7,10-11,24H,8-9,23H2,(H,29,30,31)(H,32,33,34);1-7,10-11,24-25H,8-9,23H2,(H,30,31,32);1-5H,16H2,(H,19,20,21);1-3,6,10H,4-5,9H2;3-6H,1-2,9H2;(H2,1,2,3,4);/q;;;;-1;;. The van der Waals surface area contributed by atoms with Crippen LogP contribution in [0.3, 0.4) is 0 Å². The van der Waals surface area contributed by atoms with Gasteiger partial charge in [0.2, 0.25) is 0 Å². The third-order valence-electron chi connectivity index (χ3n) is 17.3. The van der Waals surface area contributed by atoms with E-state index in [1.165, 1.54) is 121 Å². The van der Waals surface area contributed by atoms with Gasteiger partial charge in [0.15, 0.2) is 74.0 Å². The number of hydrogen-bond donors (Lipinski definition) is 15. The largest absolute Gasteiger partial charge is 0.399 e. The first-order chi connectivity index (χ1) is 57.4. The summed E-state index contributed by atoms with van der Waals surface area (Å²) < 4.78 is 260. The Labute approximate surface area is 747 Å². The maximum absolute atomic E-state index is 13.4. The maximum Gasteiger partial charge on any atom is 0.397 e. The van der Waals surface area contributed by atoms with Crippen molar-refractivity contribution in [1.29, 1.82) is 0 Å². The molecular formula is C74H67BrN7O33S9Y-. The maximum atomic E-state index is 13.4. The van der Waals surface area contributed by atoms with E-state index in [0.29, 0.717) is 11.4 Å². The van der Waals surface area contributed by atoms with Crippen LogP contribution in [0.2, 0.25) is 0 Å². The summed E-state index contributed by atoms with van der Waals surface area (Å²) in [5, 5.41) is 23.0. The van der Waals surface area contributed by atoms with Gasteiger partial charge in [0.25, 0.3) is 30.4 Å². The number of sulfone groups is 4. The van der Waals surface area contributed by atoms with Crippen LogP contribution in [-0.2, 0) is 127 Å². The van der Waals surface area contributed by atoms with Crippen molar-refractivity contribution >= 4 is 192 Å². The summed E-state index contributed by atoms with van der Waals surface area (Å²) in [6.45, 7) is 1.51. The molecule has 20 N–H and O–H groups in total. The molecule has 10 aromatic rings. The molecule has 661 valence electrons. The topological polar surface area (TPSA) is 735 Å². The van der Waals surface area contributed by atoms with Crippen LogP contribution in [0.1, 0.15) is 95.5 Å². The molecule has 0 unspecified atom stereocenters. The third-order valence-corrected chi connectivity index (χ3v) is 27.7. The second kappa shape index (κ2) is 40.1. The number of ketones is 6. The molecule has 3 aliphatic rings. The van der Waals surface area contributed by atoms with Crippen molar-refractivity contribution in [3.05, 3.63) is 266 Å². The summed E-state index contributed by atoms with van der Waals surface area (Å²) in [7, 11) is -38.5. The summed E-state index contributed by atoms with van der Waals surface area (Å²) in [5.74, 6) is -5.46. The van der Waals surface area contributed by atoms with Crippen molar-refractivity contribution in [3.63, 3.8) is 0 Å². The van der Waals surface area contributed by atoms with Gasteiger partial charge in [-0.3, -0.25) is 56.1 Å². The fraction of sp³-hybridized carbons (Fsp3) is 0.0946. The number of halogens is 1. The average molecular weight is 2040 g/mol. The van der Waals surface area contributed by atoms with Crippen LogP contribution in [0, 0.1) is 6.92 Å². The van der Waals surface area contributed by atoms with E-state index >= 15 is 0 Å². The van der Waals surface area contributed by atoms with E-state index in [-0.39, 0.29) is 159 Å². The Morgan fingerprint density at radius 2 is 0.600 bits per heavy atom. The van der Waals surface area contributed by atoms with E-state index < -0.39 is 187 Å². The number of rotatable bonds is 20. The molecule has 0 saturated carbocycles. The number of aliphatic hydroxyl groups excluding tert-OH is 2. The number of fused-ring (bicyclic) bond motifs is 6. The zero-order chi connectivity index (χ0) is 92.7. The van der Waals surface area contributed by atoms with Crippen molar-refractivity contribution in [1.82, 2.24) is 0 Å². The van der Waals surface area contributed by atoms with Crippen LogP contribution in [0.15, 0.2) is 227 Å². The van der Waals surface area contributed by atoms with E-state index in [1.54, 1.807) is 42.5 Å². The minimum atomic E-state index is -4.96. The Bertz CT molecular complexity index is 7190. The van der Waals surface area contributed by atoms with Gasteiger partial charge in [0.05, 0.1) is 118 Å². The minimum absolute atomic E-state index is 0. The molecule has 0 bridgehead atoms. The van der Waals surface area contributed by atoms with Crippen LogP contribution >= 0.6 is 15.9 Å². The Hall–Kier alpha value is -10.4. The number of benzene rings is 10. The molecule has 0 aliphatic heterocycles. The first-order valence-corrected chi connectivity index (χ1v) is 48.6. The van der Waals surface area contributed by atoms with Crippen LogP contribution in [-0.4, -0.2) is 191 Å². The van der Waals surface area contributed by atoms with Crippen LogP contribution in [0.25, 0.3) is 0 Å². The fourth-order valence-electron chi connectivity index (χ4n) is 11.9. The summed E-state index contributed by atoms with van der Waals surface area (Å²) in [6, 6.07) is 43.3. The van der Waals surface area contributed by atoms with Crippen molar-refractivity contribution in [2.75, 3.05) is 82.1 Å². The average Bonchev–Trinajstić information content (AvgIpc) is 0.738. The van der Waals surface area contributed by atoms with Crippen LogP contribution < -0.4 is 39.3 Å². The molecule has 3 aliphatic carbocycles. The zero-order valence-corrected chi connectivity index (χ0v) is 75.1. The molecule has 125 heavy (non-hydrogen) atoms. The summed E-state index contributed by atoms with van der Waals surface area (Å²) in [6.07, 6.45) is 0. The van der Waals surface area contributed by atoms with Gasteiger partial charge in [0.1, 0.15) is 14.7 Å². The molecule has 0 heterocycles. The molecule has 0 saturated heterocycles. The second-order valence-corrected chi connectivity index (χ2v) is 41.0. The Balaban J connectivity index is 0.000000224. The van der Waals surface area contributed by atoms with E-state index in [0.717, 1.165) is 24.3 Å². The third kappa shape index (κ3) is 24.6. The van der Waals surface area contributed by atoms with Crippen molar-refractivity contribution < 1.29 is 179 Å². The predicted molar refractivity (Wildman–Crippen MR) is 450 cm³/mol. The number of nitrogens with two attached hydrogens (primary N) is 5. The van der Waals surface area contributed by atoms with Crippen molar-refractivity contribution in [3.8, 4) is 0 Å². The quantitative estimate of drug-likeness (QED) is 0.0246. The van der Waals surface area contributed by atoms with E-state index in [1.807, 2.05) is 0 Å². The zero-order valence-electron chi connectivity index (χ0n) is 63.4.